The summed E-state index contributed by atoms with van der Waals surface area (Å²) in [4.78, 5) is 43.3. The maximum absolute atomic E-state index is 11.6. The molecule has 6 rings (SSSR count). The zero-order valence-electron chi connectivity index (χ0n) is 25.4. The number of aromatic nitrogens is 4. The van der Waals surface area contributed by atoms with Crippen LogP contribution < -0.4 is 9.97 Å². The second-order valence-corrected chi connectivity index (χ2v) is 12.8. The molecule has 3 aliphatic rings. The van der Waals surface area contributed by atoms with Crippen LogP contribution in [0.1, 0.15) is 96.7 Å². The number of rotatable bonds is 8. The van der Waals surface area contributed by atoms with Gasteiger partial charge in [-0.3, -0.25) is 9.59 Å². The second-order valence-electron chi connectivity index (χ2n) is 11.5. The molecular weight excluding hydrogens is 616 g/mol. The van der Waals surface area contributed by atoms with Crippen molar-refractivity contribution in [1.82, 2.24) is 19.9 Å². The predicted octanol–water partition coefficient (Wildman–Crippen LogP) is 6.21. The third kappa shape index (κ3) is 5.90. The van der Waals surface area contributed by atoms with Crippen molar-refractivity contribution in [2.45, 2.75) is 72.0 Å². The number of hydrogen-bond donors (Lipinski definition) is 2. The summed E-state index contributed by atoms with van der Waals surface area (Å²) in [6, 6.07) is 8.03. The molecule has 2 N–H and O–H groups in total. The Hall–Kier alpha value is -3.59. The van der Waals surface area contributed by atoms with Gasteiger partial charge in [-0.2, -0.15) is 0 Å². The number of aryl methyl sites for hydroxylation is 3. The first-order valence-corrected chi connectivity index (χ1v) is 15.8. The second kappa shape index (κ2) is 12.4. The Bertz CT molecular complexity index is 1930. The first-order valence-electron chi connectivity index (χ1n) is 14.7. The third-order valence-electron chi connectivity index (χ3n) is 8.79. The summed E-state index contributed by atoms with van der Waals surface area (Å²) in [7, 11) is 0. The van der Waals surface area contributed by atoms with Gasteiger partial charge in [0.05, 0.1) is 22.8 Å². The monoisotopic (exact) mass is 651 g/mol. The molecular formula is C34H35FeN4O4S+. The summed E-state index contributed by atoms with van der Waals surface area (Å²) in [5, 5.41) is 19.4. The predicted molar refractivity (Wildman–Crippen MR) is 173 cm³/mol. The van der Waals surface area contributed by atoms with Gasteiger partial charge < -0.3 is 20.2 Å². The van der Waals surface area contributed by atoms with Crippen LogP contribution in [0.15, 0.2) is 24.3 Å². The molecule has 44 heavy (non-hydrogen) atoms. The largest absolute Gasteiger partial charge is 2.00 e. The van der Waals surface area contributed by atoms with Crippen molar-refractivity contribution in [3.05, 3.63) is 69.3 Å². The van der Waals surface area contributed by atoms with E-state index in [0.29, 0.717) is 29.3 Å². The maximum Gasteiger partial charge on any atom is 2.00 e. The van der Waals surface area contributed by atoms with Crippen molar-refractivity contribution in [3.63, 3.8) is 0 Å². The average Bonchev–Trinajstić information content (AvgIpc) is 3.50. The summed E-state index contributed by atoms with van der Waals surface area (Å²) >= 11 is 1.39. The van der Waals surface area contributed by atoms with E-state index in [0.717, 1.165) is 73.7 Å². The van der Waals surface area contributed by atoms with E-state index in [2.05, 4.69) is 26.8 Å². The van der Waals surface area contributed by atoms with E-state index in [1.54, 1.807) is 0 Å². The minimum Gasteiger partial charge on any atom is -0.657 e. The van der Waals surface area contributed by atoms with Gasteiger partial charge in [0.1, 0.15) is 0 Å². The minimum atomic E-state index is -0.874. The van der Waals surface area contributed by atoms with E-state index in [-0.39, 0.29) is 29.9 Å². The van der Waals surface area contributed by atoms with Crippen molar-refractivity contribution in [1.29, 1.82) is 0 Å². The number of thiol groups is 1. The summed E-state index contributed by atoms with van der Waals surface area (Å²) in [5.41, 5.74) is 14.7. The van der Waals surface area contributed by atoms with Crippen molar-refractivity contribution in [2.75, 3.05) is 5.75 Å². The van der Waals surface area contributed by atoms with Gasteiger partial charge in [-0.15, -0.1) is 22.1 Å². The Balaban J connectivity index is 0.00000384. The molecule has 3 aromatic heterocycles. The van der Waals surface area contributed by atoms with E-state index in [1.807, 2.05) is 32.0 Å². The topological polar surface area (TPSA) is 129 Å². The van der Waals surface area contributed by atoms with Crippen LogP contribution in [0.4, 0.5) is 0 Å². The van der Waals surface area contributed by atoms with Gasteiger partial charge in [-0.1, -0.05) is 47.9 Å². The molecule has 1 atom stereocenters. The Morgan fingerprint density at radius 3 is 1.89 bits per heavy atom. The van der Waals surface area contributed by atoms with Gasteiger partial charge in [0, 0.05) is 12.8 Å². The van der Waals surface area contributed by atoms with Crippen molar-refractivity contribution < 1.29 is 36.9 Å². The molecule has 228 valence electrons. The standard InChI is InChI=1S/C34H36N4O4S.Fe/c1-6-20-16(2)23-11-24-17(3)21(7-9-32(39)40)28(36-24)14-29-22(8-10-33(41)42)18(4)25(37-29)13-30-34(31-15-43-31)19(5)26(38-30)12-27(20)35-23;/h11-14,31H,6-10,15H2,1-5H3,(H4,35,36,37,38,39,40,41,42);/q;+2/p-1/t31-;/m1./s1. The normalized spacial score (nSPS) is 15.9. The van der Waals surface area contributed by atoms with Crippen LogP contribution in [0, 0.1) is 13.8 Å². The molecule has 8 bridgehead atoms. The molecule has 3 aromatic rings. The SMILES string of the molecule is CCC1=C(C)c2cc3[n-]c(cc4nc(cc5[n-]c(cc1n2)c(C)c5[C@H]1C[SH+]1)C(C)=C4CCC(=O)O)c(CCC(=O)O)c3C.[Fe+2]. The Morgan fingerprint density at radius 1 is 0.773 bits per heavy atom. The molecule has 0 aliphatic carbocycles. The zero-order valence-corrected chi connectivity index (χ0v) is 27.4. The molecule has 0 amide bonds. The zero-order chi connectivity index (χ0) is 30.6. The Morgan fingerprint density at radius 2 is 1.27 bits per heavy atom. The quantitative estimate of drug-likeness (QED) is 0.127. The van der Waals surface area contributed by atoms with Crippen LogP contribution in [0.25, 0.3) is 44.4 Å². The molecule has 0 aromatic carbocycles. The van der Waals surface area contributed by atoms with E-state index < -0.39 is 11.9 Å². The number of hydrogen-bond acceptors (Lipinski definition) is 4. The number of aliphatic carboxylic acids is 2. The van der Waals surface area contributed by atoms with Gasteiger partial charge >= 0.3 is 29.0 Å². The molecule has 8 nitrogen and oxygen atoms in total. The number of allylic oxidation sites excluding steroid dienone is 4. The van der Waals surface area contributed by atoms with Crippen molar-refractivity contribution >= 4 is 68.1 Å². The van der Waals surface area contributed by atoms with Gasteiger partial charge in [0.2, 0.25) is 0 Å². The first kappa shape index (κ1) is 31.8. The van der Waals surface area contributed by atoms with Crippen LogP contribution in [0.2, 0.25) is 0 Å². The van der Waals surface area contributed by atoms with Crippen LogP contribution in [-0.4, -0.2) is 37.9 Å². The average molecular weight is 652 g/mol. The summed E-state index contributed by atoms with van der Waals surface area (Å²) in [5.74, 6) is -0.636. The molecule has 0 radical (unpaired) electrons. The fourth-order valence-electron chi connectivity index (χ4n) is 6.23. The molecule has 0 spiro atoms. The van der Waals surface area contributed by atoms with Gasteiger partial charge in [0.15, 0.2) is 11.0 Å². The summed E-state index contributed by atoms with van der Waals surface area (Å²) in [6.07, 6.45) is 1.45. The fraction of sp³-hybridized carbons (Fsp3) is 0.353. The van der Waals surface area contributed by atoms with E-state index in [1.165, 1.54) is 28.5 Å². The molecule has 1 saturated heterocycles. The van der Waals surface area contributed by atoms with E-state index >= 15 is 0 Å². The molecule has 6 heterocycles. The third-order valence-corrected chi connectivity index (χ3v) is 9.78. The molecule has 0 saturated carbocycles. The van der Waals surface area contributed by atoms with Gasteiger partial charge in [0.25, 0.3) is 0 Å². The molecule has 1 fully saturated rings. The first-order chi connectivity index (χ1) is 20.5. The van der Waals surface area contributed by atoms with E-state index in [9.17, 15) is 19.8 Å². The van der Waals surface area contributed by atoms with Crippen LogP contribution in [0.3, 0.4) is 0 Å². The molecule has 0 unspecified atom stereocenters. The van der Waals surface area contributed by atoms with Crippen LogP contribution in [-0.2, 0) is 44.8 Å². The number of nitrogens with zero attached hydrogens (tertiary/aromatic N) is 4. The number of carboxylic acids is 2. The van der Waals surface area contributed by atoms with Crippen molar-refractivity contribution in [3.8, 4) is 0 Å². The van der Waals surface area contributed by atoms with E-state index in [4.69, 9.17) is 19.9 Å². The number of carbonyl (C=O) groups is 2. The molecule has 3 aliphatic heterocycles. The maximum atomic E-state index is 11.6. The fourth-order valence-corrected chi connectivity index (χ4v) is 7.03. The summed E-state index contributed by atoms with van der Waals surface area (Å²) < 4.78 is 0. The smallest absolute Gasteiger partial charge is 0.657 e. The number of carboxylic acid groups (broad SMARTS) is 2. The summed E-state index contributed by atoms with van der Waals surface area (Å²) in [6.45, 7) is 10.3. The van der Waals surface area contributed by atoms with Crippen LogP contribution >= 0.6 is 0 Å². The number of fused-ring (bicyclic) bond motifs is 8. The van der Waals surface area contributed by atoms with Crippen LogP contribution in [0.5, 0.6) is 0 Å². The van der Waals surface area contributed by atoms with Crippen molar-refractivity contribution in [2.24, 2.45) is 0 Å². The Labute approximate surface area is 271 Å². The molecule has 10 heteroatoms. The minimum absolute atomic E-state index is 0. The van der Waals surface area contributed by atoms with Gasteiger partial charge in [-0.05, 0) is 86.6 Å². The van der Waals surface area contributed by atoms with Gasteiger partial charge in [-0.25, -0.2) is 9.97 Å². The Kier molecular flexibility index (Phi) is 8.99.